The Bertz CT molecular complexity index is 1110. The number of H-pyrrole nitrogens is 1. The number of hydrogen-bond donors (Lipinski definition) is 3. The molecular weight excluding hydrogens is 405 g/mol. The summed E-state index contributed by atoms with van der Waals surface area (Å²) in [6.45, 7) is 3.39. The predicted octanol–water partition coefficient (Wildman–Crippen LogP) is 2.54. The van der Waals surface area contributed by atoms with E-state index in [4.69, 9.17) is 0 Å². The second kappa shape index (κ2) is 9.71. The molecule has 3 aromatic rings. The third-order valence-electron chi connectivity index (χ3n) is 4.43. The van der Waals surface area contributed by atoms with Gasteiger partial charge in [-0.15, -0.1) is 0 Å². The zero-order chi connectivity index (χ0) is 21.6. The first-order chi connectivity index (χ1) is 14.3. The standard InChI is InChI=1S/C21H26FN5O2S/c1-3-23-21(24-11-10-20-26-18-6-4-5-7-19(18)27-20)25-13-16-12-17(22)9-8-15(16)14-30(2,28)29/h4-9,12H,3,10-11,13-14H2,1-2H3,(H,26,27)(H2,23,24,25). The minimum Gasteiger partial charge on any atom is -0.357 e. The predicted molar refractivity (Wildman–Crippen MR) is 118 cm³/mol. The summed E-state index contributed by atoms with van der Waals surface area (Å²) in [5.74, 6) is 0.886. The van der Waals surface area contributed by atoms with E-state index in [1.165, 1.54) is 18.2 Å². The van der Waals surface area contributed by atoms with Crippen LogP contribution in [0.1, 0.15) is 23.9 Å². The van der Waals surface area contributed by atoms with Crippen molar-refractivity contribution in [2.24, 2.45) is 4.99 Å². The molecule has 1 heterocycles. The first-order valence-electron chi connectivity index (χ1n) is 9.75. The SMILES string of the molecule is CCNC(=NCc1cc(F)ccc1CS(C)(=O)=O)NCCc1nc2ccccc2[nH]1. The van der Waals surface area contributed by atoms with Gasteiger partial charge in [-0.2, -0.15) is 0 Å². The number of nitrogens with zero attached hydrogens (tertiary/aromatic N) is 2. The Morgan fingerprint density at radius 1 is 1.17 bits per heavy atom. The third-order valence-corrected chi connectivity index (χ3v) is 5.27. The first kappa shape index (κ1) is 21.8. The van der Waals surface area contributed by atoms with E-state index in [9.17, 15) is 12.8 Å². The minimum atomic E-state index is -3.23. The molecule has 0 amide bonds. The molecule has 0 bridgehead atoms. The van der Waals surface area contributed by atoms with Gasteiger partial charge in [0.25, 0.3) is 0 Å². The van der Waals surface area contributed by atoms with Crippen molar-refractivity contribution in [3.63, 3.8) is 0 Å². The molecule has 3 rings (SSSR count). The fourth-order valence-corrected chi connectivity index (χ4v) is 3.94. The molecule has 3 N–H and O–H groups in total. The van der Waals surface area contributed by atoms with Crippen LogP contribution in [0.5, 0.6) is 0 Å². The van der Waals surface area contributed by atoms with Crippen LogP contribution in [0.25, 0.3) is 11.0 Å². The van der Waals surface area contributed by atoms with Gasteiger partial charge in [-0.1, -0.05) is 18.2 Å². The largest absolute Gasteiger partial charge is 0.357 e. The Kier molecular flexibility index (Phi) is 7.04. The number of sulfone groups is 1. The molecule has 7 nitrogen and oxygen atoms in total. The van der Waals surface area contributed by atoms with E-state index >= 15 is 0 Å². The molecule has 1 aromatic heterocycles. The van der Waals surface area contributed by atoms with Crippen LogP contribution in [0.4, 0.5) is 4.39 Å². The number of aromatic amines is 1. The number of para-hydroxylation sites is 2. The number of imidazole rings is 1. The van der Waals surface area contributed by atoms with Crippen molar-refractivity contribution < 1.29 is 12.8 Å². The van der Waals surface area contributed by atoms with Gasteiger partial charge in [0.2, 0.25) is 0 Å². The van der Waals surface area contributed by atoms with E-state index in [0.29, 0.717) is 36.6 Å². The van der Waals surface area contributed by atoms with E-state index in [0.717, 1.165) is 23.1 Å². The number of fused-ring (bicyclic) bond motifs is 1. The zero-order valence-corrected chi connectivity index (χ0v) is 17.9. The summed E-state index contributed by atoms with van der Waals surface area (Å²) in [7, 11) is -3.23. The molecular formula is C21H26FN5O2S. The maximum atomic E-state index is 13.7. The molecule has 0 fully saturated rings. The molecule has 0 spiro atoms. The van der Waals surface area contributed by atoms with Gasteiger partial charge < -0.3 is 15.6 Å². The Morgan fingerprint density at radius 3 is 2.70 bits per heavy atom. The average molecular weight is 432 g/mol. The molecule has 0 radical (unpaired) electrons. The van der Waals surface area contributed by atoms with Gasteiger partial charge >= 0.3 is 0 Å². The lowest BCUT2D eigenvalue weighted by Crippen LogP contribution is -2.38. The lowest BCUT2D eigenvalue weighted by Gasteiger charge is -2.12. The lowest BCUT2D eigenvalue weighted by atomic mass is 10.1. The number of nitrogens with one attached hydrogen (secondary N) is 3. The maximum absolute atomic E-state index is 13.7. The monoisotopic (exact) mass is 431 g/mol. The summed E-state index contributed by atoms with van der Waals surface area (Å²) in [5.41, 5.74) is 3.03. The molecule has 0 atom stereocenters. The summed E-state index contributed by atoms with van der Waals surface area (Å²) in [4.78, 5) is 12.3. The summed E-state index contributed by atoms with van der Waals surface area (Å²) >= 11 is 0. The van der Waals surface area contributed by atoms with Crippen LogP contribution >= 0.6 is 0 Å². The highest BCUT2D eigenvalue weighted by molar-refractivity contribution is 7.89. The second-order valence-corrected chi connectivity index (χ2v) is 9.20. The van der Waals surface area contributed by atoms with E-state index in [-0.39, 0.29) is 12.3 Å². The summed E-state index contributed by atoms with van der Waals surface area (Å²) < 4.78 is 37.0. The number of rotatable bonds is 8. The van der Waals surface area contributed by atoms with Crippen LogP contribution in [0, 0.1) is 5.82 Å². The maximum Gasteiger partial charge on any atom is 0.191 e. The molecule has 0 unspecified atom stereocenters. The molecule has 0 saturated heterocycles. The minimum absolute atomic E-state index is 0.145. The highest BCUT2D eigenvalue weighted by Crippen LogP contribution is 2.15. The summed E-state index contributed by atoms with van der Waals surface area (Å²) in [5, 5.41) is 6.38. The molecule has 9 heteroatoms. The third kappa shape index (κ3) is 6.28. The number of benzene rings is 2. The molecule has 2 aromatic carbocycles. The molecule has 30 heavy (non-hydrogen) atoms. The average Bonchev–Trinajstić information content (AvgIpc) is 3.09. The number of halogens is 1. The van der Waals surface area contributed by atoms with Gasteiger partial charge in [-0.25, -0.2) is 22.8 Å². The fourth-order valence-electron chi connectivity index (χ4n) is 3.09. The van der Waals surface area contributed by atoms with Gasteiger partial charge in [0.15, 0.2) is 15.8 Å². The van der Waals surface area contributed by atoms with Crippen LogP contribution in [-0.4, -0.2) is 43.7 Å². The molecule has 0 aliphatic rings. The Labute approximate surface area is 175 Å². The number of guanidine groups is 1. The van der Waals surface area contributed by atoms with Gasteiger partial charge in [0, 0.05) is 25.8 Å². The van der Waals surface area contributed by atoms with Crippen molar-refractivity contribution in [1.82, 2.24) is 20.6 Å². The Balaban J connectivity index is 1.66. The molecule has 160 valence electrons. The number of aromatic nitrogens is 2. The van der Waals surface area contributed by atoms with E-state index < -0.39 is 15.7 Å². The normalized spacial score (nSPS) is 12.3. The molecule has 0 saturated carbocycles. The lowest BCUT2D eigenvalue weighted by molar-refractivity contribution is 0.600. The Hall–Kier alpha value is -2.94. The van der Waals surface area contributed by atoms with E-state index in [1.54, 1.807) is 0 Å². The van der Waals surface area contributed by atoms with E-state index in [2.05, 4.69) is 25.6 Å². The fraction of sp³-hybridized carbons (Fsp3) is 0.333. The van der Waals surface area contributed by atoms with Gasteiger partial charge in [0.05, 0.1) is 23.3 Å². The van der Waals surface area contributed by atoms with Crippen LogP contribution in [0.15, 0.2) is 47.5 Å². The first-order valence-corrected chi connectivity index (χ1v) is 11.8. The molecule has 0 aliphatic carbocycles. The van der Waals surface area contributed by atoms with Crippen molar-refractivity contribution in [3.8, 4) is 0 Å². The van der Waals surface area contributed by atoms with Crippen molar-refractivity contribution >= 4 is 26.8 Å². The van der Waals surface area contributed by atoms with Crippen molar-refractivity contribution in [2.45, 2.75) is 25.6 Å². The highest BCUT2D eigenvalue weighted by Gasteiger charge is 2.11. The van der Waals surface area contributed by atoms with Gasteiger partial charge in [-0.05, 0) is 42.3 Å². The number of hydrogen-bond acceptors (Lipinski definition) is 4. The van der Waals surface area contributed by atoms with Gasteiger partial charge in [0.1, 0.15) is 11.6 Å². The summed E-state index contributed by atoms with van der Waals surface area (Å²) in [6.07, 6.45) is 1.84. The van der Waals surface area contributed by atoms with Gasteiger partial charge in [-0.3, -0.25) is 0 Å². The Morgan fingerprint density at radius 2 is 1.97 bits per heavy atom. The van der Waals surface area contributed by atoms with Crippen molar-refractivity contribution in [2.75, 3.05) is 19.3 Å². The van der Waals surface area contributed by atoms with Crippen LogP contribution in [0.2, 0.25) is 0 Å². The highest BCUT2D eigenvalue weighted by atomic mass is 32.2. The topological polar surface area (TPSA) is 99.2 Å². The summed E-state index contributed by atoms with van der Waals surface area (Å²) in [6, 6.07) is 12.0. The van der Waals surface area contributed by atoms with E-state index in [1.807, 2.05) is 31.2 Å². The smallest absolute Gasteiger partial charge is 0.191 e. The van der Waals surface area contributed by atoms with Crippen molar-refractivity contribution in [3.05, 3.63) is 65.2 Å². The van der Waals surface area contributed by atoms with Crippen LogP contribution < -0.4 is 10.6 Å². The number of aliphatic imine (C=N–C) groups is 1. The van der Waals surface area contributed by atoms with Crippen LogP contribution in [-0.2, 0) is 28.6 Å². The quantitative estimate of drug-likeness (QED) is 0.376. The van der Waals surface area contributed by atoms with Crippen molar-refractivity contribution in [1.29, 1.82) is 0 Å². The zero-order valence-electron chi connectivity index (χ0n) is 17.1. The second-order valence-electron chi connectivity index (χ2n) is 7.06. The van der Waals surface area contributed by atoms with Crippen LogP contribution in [0.3, 0.4) is 0 Å². The molecule has 0 aliphatic heterocycles.